The molecule has 3 rings (SSSR count). The fraction of sp³-hybridized carbons (Fsp3) is 0.211. The molecule has 0 aliphatic carbocycles. The Bertz CT molecular complexity index is 1140. The Hall–Kier alpha value is -3.86. The topological polar surface area (TPSA) is 139 Å². The van der Waals surface area contributed by atoms with E-state index in [4.69, 9.17) is 25.5 Å². The van der Waals surface area contributed by atoms with Gasteiger partial charge in [-0.1, -0.05) is 11.6 Å². The fourth-order valence-electron chi connectivity index (χ4n) is 2.56. The quantitative estimate of drug-likeness (QED) is 0.313. The zero-order valence-electron chi connectivity index (χ0n) is 16.5. The molecule has 0 unspecified atom stereocenters. The third kappa shape index (κ3) is 5.01. The molecule has 3 aromatic rings. The maximum absolute atomic E-state index is 12.5. The number of rotatable bonds is 8. The number of nitro groups is 1. The van der Waals surface area contributed by atoms with Gasteiger partial charge in [0.2, 0.25) is 0 Å². The fourth-order valence-corrected chi connectivity index (χ4v) is 2.73. The van der Waals surface area contributed by atoms with E-state index in [-0.39, 0.29) is 52.6 Å². The summed E-state index contributed by atoms with van der Waals surface area (Å²) in [5.41, 5.74) is -0.0689. The molecule has 162 valence electrons. The SMILES string of the molecule is CCOC(=O)c1cnn(C)c1NC(=O)c1ccc(COc2cc([N+](=O)[O-])ccc2Cl)o1. The van der Waals surface area contributed by atoms with Crippen LogP contribution in [0, 0.1) is 10.1 Å². The van der Waals surface area contributed by atoms with Gasteiger partial charge in [-0.25, -0.2) is 4.79 Å². The number of nitrogens with one attached hydrogen (secondary N) is 1. The number of non-ortho nitro benzene ring substituents is 1. The van der Waals surface area contributed by atoms with Crippen LogP contribution < -0.4 is 10.1 Å². The van der Waals surface area contributed by atoms with E-state index in [0.29, 0.717) is 0 Å². The summed E-state index contributed by atoms with van der Waals surface area (Å²) in [6.07, 6.45) is 1.29. The Labute approximate surface area is 180 Å². The summed E-state index contributed by atoms with van der Waals surface area (Å²) in [7, 11) is 1.56. The van der Waals surface area contributed by atoms with E-state index in [1.54, 1.807) is 14.0 Å². The van der Waals surface area contributed by atoms with Gasteiger partial charge in [0.25, 0.3) is 11.6 Å². The molecule has 0 aliphatic heterocycles. The Balaban J connectivity index is 1.69. The molecule has 0 radical (unpaired) electrons. The summed E-state index contributed by atoms with van der Waals surface area (Å²) in [5, 5.41) is 17.6. The molecule has 12 heteroatoms. The Morgan fingerprint density at radius 3 is 2.81 bits per heavy atom. The lowest BCUT2D eigenvalue weighted by Gasteiger charge is -2.07. The number of furan rings is 1. The summed E-state index contributed by atoms with van der Waals surface area (Å²) in [6, 6.07) is 6.73. The first-order chi connectivity index (χ1) is 14.8. The van der Waals surface area contributed by atoms with Crippen LogP contribution in [0.3, 0.4) is 0 Å². The average molecular weight is 449 g/mol. The molecule has 1 N–H and O–H groups in total. The van der Waals surface area contributed by atoms with Crippen LogP contribution in [0.5, 0.6) is 5.75 Å². The number of anilines is 1. The second kappa shape index (κ2) is 9.30. The number of amides is 1. The van der Waals surface area contributed by atoms with Gasteiger partial charge in [-0.3, -0.25) is 19.6 Å². The van der Waals surface area contributed by atoms with Gasteiger partial charge in [0.15, 0.2) is 5.76 Å². The van der Waals surface area contributed by atoms with Crippen LogP contribution in [0.4, 0.5) is 11.5 Å². The third-order valence-electron chi connectivity index (χ3n) is 4.05. The van der Waals surface area contributed by atoms with Crippen LogP contribution >= 0.6 is 11.6 Å². The second-order valence-electron chi connectivity index (χ2n) is 6.13. The predicted octanol–water partition coefficient (Wildman–Crippen LogP) is 3.58. The number of halogens is 1. The highest BCUT2D eigenvalue weighted by atomic mass is 35.5. The highest BCUT2D eigenvalue weighted by Gasteiger charge is 2.21. The Morgan fingerprint density at radius 1 is 1.32 bits per heavy atom. The van der Waals surface area contributed by atoms with Gasteiger partial charge in [0, 0.05) is 13.1 Å². The van der Waals surface area contributed by atoms with Crippen LogP contribution in [0.15, 0.2) is 40.9 Å². The molecule has 2 heterocycles. The first kappa shape index (κ1) is 21.8. The molecule has 0 bridgehead atoms. The van der Waals surface area contributed by atoms with E-state index < -0.39 is 16.8 Å². The van der Waals surface area contributed by atoms with Crippen molar-refractivity contribution in [3.05, 3.63) is 68.7 Å². The normalized spacial score (nSPS) is 10.5. The summed E-state index contributed by atoms with van der Waals surface area (Å²) in [6.45, 7) is 1.73. The Kier molecular flexibility index (Phi) is 6.55. The number of carbonyl (C=O) groups is 2. The molecule has 11 nitrogen and oxygen atoms in total. The number of aryl methyl sites for hydroxylation is 1. The minimum Gasteiger partial charge on any atom is -0.484 e. The number of aromatic nitrogens is 2. The summed E-state index contributed by atoms with van der Waals surface area (Å²) in [5.74, 6) is -0.738. The molecule has 0 spiro atoms. The molecular weight excluding hydrogens is 432 g/mol. The largest absolute Gasteiger partial charge is 0.484 e. The highest BCUT2D eigenvalue weighted by Crippen LogP contribution is 2.29. The monoisotopic (exact) mass is 448 g/mol. The molecule has 1 aromatic carbocycles. The first-order valence-corrected chi connectivity index (χ1v) is 9.33. The number of ether oxygens (including phenoxy) is 2. The average Bonchev–Trinajstić information content (AvgIpc) is 3.35. The molecule has 1 amide bonds. The minimum absolute atomic E-state index is 0.0419. The molecule has 31 heavy (non-hydrogen) atoms. The first-order valence-electron chi connectivity index (χ1n) is 8.96. The molecule has 0 aliphatic rings. The lowest BCUT2D eigenvalue weighted by atomic mass is 10.3. The zero-order valence-corrected chi connectivity index (χ0v) is 17.2. The van der Waals surface area contributed by atoms with Crippen LogP contribution in [0.1, 0.15) is 33.6 Å². The Morgan fingerprint density at radius 2 is 2.10 bits per heavy atom. The van der Waals surface area contributed by atoms with Gasteiger partial charge in [-0.2, -0.15) is 5.10 Å². The number of benzene rings is 1. The van der Waals surface area contributed by atoms with Gasteiger partial charge < -0.3 is 19.2 Å². The maximum atomic E-state index is 12.5. The standard InChI is InChI=1S/C19H17ClN4O7/c1-3-29-19(26)13-9-21-23(2)17(13)22-18(25)15-7-5-12(31-15)10-30-16-8-11(24(27)28)4-6-14(16)20/h4-9H,3,10H2,1-2H3,(H,22,25). The second-order valence-corrected chi connectivity index (χ2v) is 6.54. The molecular formula is C19H17ClN4O7. The van der Waals surface area contributed by atoms with Crippen molar-refractivity contribution in [2.24, 2.45) is 7.05 Å². The van der Waals surface area contributed by atoms with Crippen molar-refractivity contribution in [1.29, 1.82) is 0 Å². The van der Waals surface area contributed by atoms with Crippen molar-refractivity contribution < 1.29 is 28.4 Å². The van der Waals surface area contributed by atoms with Gasteiger partial charge in [0.05, 0.1) is 28.8 Å². The van der Waals surface area contributed by atoms with E-state index in [1.807, 2.05) is 0 Å². The van der Waals surface area contributed by atoms with Crippen molar-refractivity contribution in [1.82, 2.24) is 9.78 Å². The van der Waals surface area contributed by atoms with Crippen LogP contribution in [-0.4, -0.2) is 33.2 Å². The van der Waals surface area contributed by atoms with Gasteiger partial charge >= 0.3 is 5.97 Å². The summed E-state index contributed by atoms with van der Waals surface area (Å²) >= 11 is 5.99. The van der Waals surface area contributed by atoms with Gasteiger partial charge in [-0.05, 0) is 25.1 Å². The lowest BCUT2D eigenvalue weighted by molar-refractivity contribution is -0.384. The number of hydrogen-bond donors (Lipinski definition) is 1. The summed E-state index contributed by atoms with van der Waals surface area (Å²) in [4.78, 5) is 34.8. The minimum atomic E-state index is -0.617. The highest BCUT2D eigenvalue weighted by molar-refractivity contribution is 6.32. The number of nitro benzene ring substituents is 1. The maximum Gasteiger partial charge on any atom is 0.343 e. The van der Waals surface area contributed by atoms with E-state index in [1.165, 1.54) is 41.2 Å². The smallest absolute Gasteiger partial charge is 0.343 e. The van der Waals surface area contributed by atoms with Crippen LogP contribution in [0.2, 0.25) is 5.02 Å². The third-order valence-corrected chi connectivity index (χ3v) is 4.36. The number of hydrogen-bond acceptors (Lipinski definition) is 8. The van der Waals surface area contributed by atoms with Crippen molar-refractivity contribution >= 4 is 35.0 Å². The molecule has 0 saturated heterocycles. The van der Waals surface area contributed by atoms with Crippen molar-refractivity contribution in [3.63, 3.8) is 0 Å². The van der Waals surface area contributed by atoms with Crippen LogP contribution in [-0.2, 0) is 18.4 Å². The number of esters is 1. The van der Waals surface area contributed by atoms with Crippen LogP contribution in [0.25, 0.3) is 0 Å². The molecule has 0 saturated carbocycles. The molecule has 2 aromatic heterocycles. The zero-order chi connectivity index (χ0) is 22.5. The predicted molar refractivity (Wildman–Crippen MR) is 108 cm³/mol. The number of nitrogens with zero attached hydrogens (tertiary/aromatic N) is 3. The van der Waals surface area contributed by atoms with E-state index >= 15 is 0 Å². The van der Waals surface area contributed by atoms with E-state index in [9.17, 15) is 19.7 Å². The molecule has 0 fully saturated rings. The van der Waals surface area contributed by atoms with Gasteiger partial charge in [-0.15, -0.1) is 0 Å². The van der Waals surface area contributed by atoms with Crippen molar-refractivity contribution in [2.75, 3.05) is 11.9 Å². The lowest BCUT2D eigenvalue weighted by Crippen LogP contribution is -2.17. The summed E-state index contributed by atoms with van der Waals surface area (Å²) < 4.78 is 17.2. The van der Waals surface area contributed by atoms with Crippen molar-refractivity contribution in [2.45, 2.75) is 13.5 Å². The van der Waals surface area contributed by atoms with Crippen molar-refractivity contribution in [3.8, 4) is 5.75 Å². The van der Waals surface area contributed by atoms with E-state index in [0.717, 1.165) is 0 Å². The van der Waals surface area contributed by atoms with Gasteiger partial charge in [0.1, 0.15) is 29.5 Å². The molecule has 0 atom stereocenters. The number of carbonyl (C=O) groups excluding carboxylic acids is 2. The van der Waals surface area contributed by atoms with E-state index in [2.05, 4.69) is 10.4 Å².